The van der Waals surface area contributed by atoms with Gasteiger partial charge in [0.05, 0.1) is 7.11 Å². The summed E-state index contributed by atoms with van der Waals surface area (Å²) in [5, 5.41) is 0. The zero-order chi connectivity index (χ0) is 20.3. The summed E-state index contributed by atoms with van der Waals surface area (Å²) in [5.74, 6) is -1.20. The highest BCUT2D eigenvalue weighted by Crippen LogP contribution is 2.42. The van der Waals surface area contributed by atoms with Gasteiger partial charge in [0, 0.05) is 16.7 Å². The number of carbonyl (C=O) groups is 2. The number of hydrogen-bond acceptors (Lipinski definition) is 5. The first kappa shape index (κ1) is 18.9. The number of ether oxygens (including phenoxy) is 3. The second-order valence-corrected chi connectivity index (χ2v) is 6.70. The first-order valence-electron chi connectivity index (χ1n) is 9.29. The van der Waals surface area contributed by atoms with Crippen LogP contribution in [0.15, 0.2) is 91.0 Å². The van der Waals surface area contributed by atoms with Crippen molar-refractivity contribution in [3.63, 3.8) is 0 Å². The van der Waals surface area contributed by atoms with E-state index in [1.54, 1.807) is 0 Å². The van der Waals surface area contributed by atoms with Crippen LogP contribution in [0.25, 0.3) is 0 Å². The van der Waals surface area contributed by atoms with Gasteiger partial charge >= 0.3 is 11.9 Å². The number of hydrogen-bond donors (Lipinski definition) is 0. The molecule has 1 fully saturated rings. The molecule has 5 heteroatoms. The normalized spacial score (nSPS) is 18.0. The Morgan fingerprint density at radius 1 is 0.690 bits per heavy atom. The molecule has 0 aromatic heterocycles. The van der Waals surface area contributed by atoms with E-state index in [2.05, 4.69) is 4.74 Å². The molecular weight excluding hydrogens is 368 g/mol. The molecule has 0 saturated carbocycles. The van der Waals surface area contributed by atoms with Crippen molar-refractivity contribution in [3.05, 3.63) is 108 Å². The molecule has 1 saturated heterocycles. The maximum absolute atomic E-state index is 13.0. The lowest BCUT2D eigenvalue weighted by molar-refractivity contribution is -0.155. The Morgan fingerprint density at radius 3 is 1.45 bits per heavy atom. The van der Waals surface area contributed by atoms with Crippen LogP contribution >= 0.6 is 0 Å². The van der Waals surface area contributed by atoms with Gasteiger partial charge in [-0.15, -0.1) is 0 Å². The van der Waals surface area contributed by atoms with Crippen LogP contribution in [0.2, 0.25) is 0 Å². The van der Waals surface area contributed by atoms with Crippen LogP contribution in [0.4, 0.5) is 0 Å². The molecule has 4 rings (SSSR count). The molecule has 0 aliphatic carbocycles. The van der Waals surface area contributed by atoms with E-state index in [9.17, 15) is 9.59 Å². The summed E-state index contributed by atoms with van der Waals surface area (Å²) >= 11 is 0. The predicted molar refractivity (Wildman–Crippen MR) is 106 cm³/mol. The molecule has 1 aliphatic rings. The lowest BCUT2D eigenvalue weighted by Gasteiger charge is -2.35. The molecule has 2 atom stereocenters. The van der Waals surface area contributed by atoms with Crippen LogP contribution in [0.5, 0.6) is 0 Å². The second kappa shape index (κ2) is 7.89. The molecule has 0 spiro atoms. The van der Waals surface area contributed by atoms with E-state index >= 15 is 0 Å². The zero-order valence-corrected chi connectivity index (χ0v) is 15.9. The second-order valence-electron chi connectivity index (χ2n) is 6.70. The minimum absolute atomic E-state index is 0.586. The molecular formula is C24H20O5. The third-order valence-corrected chi connectivity index (χ3v) is 4.95. The SMILES string of the molecule is COC(=O)C1OC1C(=O)OC(c1ccccc1)(c1ccccc1)c1ccccc1. The van der Waals surface area contributed by atoms with Gasteiger partial charge in [0.25, 0.3) is 0 Å². The van der Waals surface area contributed by atoms with Crippen LogP contribution in [0.1, 0.15) is 16.7 Å². The predicted octanol–water partition coefficient (Wildman–Crippen LogP) is 3.46. The molecule has 5 nitrogen and oxygen atoms in total. The maximum atomic E-state index is 13.0. The highest BCUT2D eigenvalue weighted by atomic mass is 16.7. The molecule has 1 heterocycles. The molecule has 3 aromatic rings. The average molecular weight is 388 g/mol. The quantitative estimate of drug-likeness (QED) is 0.368. The highest BCUT2D eigenvalue weighted by molar-refractivity contribution is 5.90. The summed E-state index contributed by atoms with van der Waals surface area (Å²) in [6, 6.07) is 28.6. The highest BCUT2D eigenvalue weighted by Gasteiger charge is 2.55. The van der Waals surface area contributed by atoms with Crippen molar-refractivity contribution in [2.75, 3.05) is 7.11 Å². The van der Waals surface area contributed by atoms with E-state index in [0.717, 1.165) is 16.7 Å². The summed E-state index contributed by atoms with van der Waals surface area (Å²) < 4.78 is 16.1. The smallest absolute Gasteiger partial charge is 0.340 e. The van der Waals surface area contributed by atoms with Gasteiger partial charge in [-0.3, -0.25) is 0 Å². The van der Waals surface area contributed by atoms with Crippen LogP contribution in [-0.2, 0) is 29.4 Å². The molecule has 2 unspecified atom stereocenters. The van der Waals surface area contributed by atoms with Gasteiger partial charge in [0.1, 0.15) is 0 Å². The summed E-state index contributed by atoms with van der Waals surface area (Å²) in [5.41, 5.74) is 1.19. The first-order chi connectivity index (χ1) is 14.2. The third kappa shape index (κ3) is 3.52. The van der Waals surface area contributed by atoms with Crippen molar-refractivity contribution in [1.29, 1.82) is 0 Å². The summed E-state index contributed by atoms with van der Waals surface area (Å²) in [4.78, 5) is 24.7. The van der Waals surface area contributed by atoms with Crippen LogP contribution in [0.3, 0.4) is 0 Å². The molecule has 29 heavy (non-hydrogen) atoms. The summed E-state index contributed by atoms with van der Waals surface area (Å²) in [7, 11) is 1.26. The van der Waals surface area contributed by atoms with Crippen molar-refractivity contribution in [2.24, 2.45) is 0 Å². The maximum Gasteiger partial charge on any atom is 0.340 e. The van der Waals surface area contributed by atoms with Crippen molar-refractivity contribution in [3.8, 4) is 0 Å². The number of esters is 2. The van der Waals surface area contributed by atoms with Gasteiger partial charge in [-0.25, -0.2) is 9.59 Å². The molecule has 146 valence electrons. The fourth-order valence-electron chi connectivity index (χ4n) is 3.49. The van der Waals surface area contributed by atoms with E-state index in [1.165, 1.54) is 7.11 Å². The summed E-state index contributed by atoms with van der Waals surface area (Å²) in [6.45, 7) is 0. The number of rotatable bonds is 6. The van der Waals surface area contributed by atoms with Crippen LogP contribution < -0.4 is 0 Å². The molecule has 3 aromatic carbocycles. The van der Waals surface area contributed by atoms with Gasteiger partial charge in [0.2, 0.25) is 0 Å². The van der Waals surface area contributed by atoms with Crippen LogP contribution in [-0.4, -0.2) is 31.3 Å². The van der Waals surface area contributed by atoms with Crippen molar-refractivity contribution in [1.82, 2.24) is 0 Å². The molecule has 0 radical (unpaired) electrons. The van der Waals surface area contributed by atoms with E-state index in [0.29, 0.717) is 0 Å². The van der Waals surface area contributed by atoms with E-state index < -0.39 is 29.7 Å². The lowest BCUT2D eigenvalue weighted by Crippen LogP contribution is -2.37. The number of epoxide rings is 1. The lowest BCUT2D eigenvalue weighted by atomic mass is 9.80. The minimum Gasteiger partial charge on any atom is -0.467 e. The zero-order valence-electron chi connectivity index (χ0n) is 15.9. The van der Waals surface area contributed by atoms with Crippen molar-refractivity contribution < 1.29 is 23.8 Å². The van der Waals surface area contributed by atoms with Gasteiger partial charge < -0.3 is 14.2 Å². The fraction of sp³-hybridized carbons (Fsp3) is 0.167. The Hall–Kier alpha value is -3.44. The number of methoxy groups -OCH3 is 1. The van der Waals surface area contributed by atoms with Gasteiger partial charge in [-0.05, 0) is 0 Å². The molecule has 0 amide bonds. The number of benzene rings is 3. The van der Waals surface area contributed by atoms with Crippen molar-refractivity contribution >= 4 is 11.9 Å². The van der Waals surface area contributed by atoms with Gasteiger partial charge in [-0.1, -0.05) is 91.0 Å². The van der Waals surface area contributed by atoms with Gasteiger partial charge in [-0.2, -0.15) is 0 Å². The van der Waals surface area contributed by atoms with Crippen LogP contribution in [0, 0.1) is 0 Å². The minimum atomic E-state index is -1.19. The Labute approximate surface area is 168 Å². The monoisotopic (exact) mass is 388 g/mol. The van der Waals surface area contributed by atoms with E-state index in [4.69, 9.17) is 9.47 Å². The Balaban J connectivity index is 1.83. The molecule has 0 bridgehead atoms. The van der Waals surface area contributed by atoms with Crippen molar-refractivity contribution in [2.45, 2.75) is 17.8 Å². The average Bonchev–Trinajstić information content (AvgIpc) is 3.60. The number of carbonyl (C=O) groups excluding carboxylic acids is 2. The van der Waals surface area contributed by atoms with Gasteiger partial charge in [0.15, 0.2) is 17.8 Å². The largest absolute Gasteiger partial charge is 0.467 e. The molecule has 1 aliphatic heterocycles. The Bertz CT molecular complexity index is 889. The van der Waals surface area contributed by atoms with E-state index in [1.807, 2.05) is 91.0 Å². The molecule has 0 N–H and O–H groups in total. The van der Waals surface area contributed by atoms with E-state index in [-0.39, 0.29) is 0 Å². The first-order valence-corrected chi connectivity index (χ1v) is 9.29. The Morgan fingerprint density at radius 2 is 1.07 bits per heavy atom. The Kier molecular flexibility index (Phi) is 5.14. The third-order valence-electron chi connectivity index (χ3n) is 4.95. The standard InChI is InChI=1S/C24H20O5/c1-27-22(25)20-21(28-20)23(26)29-24(17-11-5-2-6-12-17,18-13-7-3-8-14-18)19-15-9-4-10-16-19/h2-16,20-21H,1H3. The topological polar surface area (TPSA) is 65.1 Å². The fourth-order valence-corrected chi connectivity index (χ4v) is 3.49. The summed E-state index contributed by atoms with van der Waals surface area (Å²) in [6.07, 6.45) is -1.90.